The molecule has 0 radical (unpaired) electrons. The normalized spacial score (nSPS) is 10.5. The molecule has 0 bridgehead atoms. The average Bonchev–Trinajstić information content (AvgIpc) is 2.59. The predicted molar refractivity (Wildman–Crippen MR) is 60.3 cm³/mol. The van der Waals surface area contributed by atoms with E-state index in [-0.39, 0.29) is 0 Å². The van der Waals surface area contributed by atoms with Gasteiger partial charge in [0.2, 0.25) is 0 Å². The van der Waals surface area contributed by atoms with E-state index in [1.807, 2.05) is 23.0 Å². The largest absolute Gasteiger partial charge is 0.384 e. The highest BCUT2D eigenvalue weighted by atomic mass is 15.3. The maximum atomic E-state index is 5.65. The van der Waals surface area contributed by atoms with Crippen molar-refractivity contribution in [2.75, 3.05) is 5.73 Å². The van der Waals surface area contributed by atoms with Crippen LogP contribution in [0.5, 0.6) is 0 Å². The Kier molecular flexibility index (Phi) is 2.41. The minimum Gasteiger partial charge on any atom is -0.384 e. The number of nitrogens with two attached hydrogens (primary N) is 1. The van der Waals surface area contributed by atoms with E-state index >= 15 is 0 Å². The van der Waals surface area contributed by atoms with Gasteiger partial charge in [-0.3, -0.25) is 4.68 Å². The number of nitrogen functional groups attached to an aromatic ring is 1. The first-order chi connectivity index (χ1) is 7.22. The standard InChI is InChI=1S/C11H14N4/c1-3-15-8(2)10(7-14-15)9-4-5-13-11(12)6-9/h4-7H,3H2,1-2H3,(H2,12,13). The van der Waals surface area contributed by atoms with Crippen molar-refractivity contribution >= 4 is 5.82 Å². The molecular formula is C11H14N4. The highest BCUT2D eigenvalue weighted by molar-refractivity contribution is 5.67. The van der Waals surface area contributed by atoms with Gasteiger partial charge in [0.25, 0.3) is 0 Å². The molecule has 2 aromatic heterocycles. The van der Waals surface area contributed by atoms with Gasteiger partial charge in [-0.15, -0.1) is 0 Å². The molecule has 0 saturated heterocycles. The molecular weight excluding hydrogens is 188 g/mol. The number of hydrogen-bond donors (Lipinski definition) is 1. The summed E-state index contributed by atoms with van der Waals surface area (Å²) < 4.78 is 1.96. The van der Waals surface area contributed by atoms with Gasteiger partial charge in [0.05, 0.1) is 6.20 Å². The number of rotatable bonds is 2. The molecule has 2 rings (SSSR count). The van der Waals surface area contributed by atoms with Crippen LogP contribution < -0.4 is 5.73 Å². The van der Waals surface area contributed by atoms with E-state index in [4.69, 9.17) is 5.73 Å². The second-order valence-electron chi connectivity index (χ2n) is 3.43. The van der Waals surface area contributed by atoms with Crippen LogP contribution in [0.1, 0.15) is 12.6 Å². The van der Waals surface area contributed by atoms with Crippen molar-refractivity contribution in [1.29, 1.82) is 0 Å². The molecule has 4 heteroatoms. The van der Waals surface area contributed by atoms with Gasteiger partial charge in [0.1, 0.15) is 5.82 Å². The Bertz CT molecular complexity index is 473. The van der Waals surface area contributed by atoms with Gasteiger partial charge >= 0.3 is 0 Å². The molecule has 15 heavy (non-hydrogen) atoms. The van der Waals surface area contributed by atoms with E-state index in [0.717, 1.165) is 23.4 Å². The first kappa shape index (κ1) is 9.71. The quantitative estimate of drug-likeness (QED) is 0.808. The van der Waals surface area contributed by atoms with Gasteiger partial charge < -0.3 is 5.73 Å². The Labute approximate surface area is 88.8 Å². The Balaban J connectivity index is 2.49. The van der Waals surface area contributed by atoms with Crippen LogP contribution >= 0.6 is 0 Å². The lowest BCUT2D eigenvalue weighted by Gasteiger charge is -2.02. The minimum atomic E-state index is 0.538. The second-order valence-corrected chi connectivity index (χ2v) is 3.43. The number of hydrogen-bond acceptors (Lipinski definition) is 3. The van der Waals surface area contributed by atoms with E-state index in [1.54, 1.807) is 6.20 Å². The summed E-state index contributed by atoms with van der Waals surface area (Å²) in [5.41, 5.74) is 8.99. The van der Waals surface area contributed by atoms with Crippen LogP contribution in [0, 0.1) is 6.92 Å². The Morgan fingerprint density at radius 2 is 2.27 bits per heavy atom. The van der Waals surface area contributed by atoms with Crippen LogP contribution in [0.4, 0.5) is 5.82 Å². The topological polar surface area (TPSA) is 56.7 Å². The van der Waals surface area contributed by atoms with E-state index in [2.05, 4.69) is 23.9 Å². The number of pyridine rings is 1. The van der Waals surface area contributed by atoms with Gasteiger partial charge in [-0.1, -0.05) is 0 Å². The summed E-state index contributed by atoms with van der Waals surface area (Å²) in [6.07, 6.45) is 3.58. The first-order valence-electron chi connectivity index (χ1n) is 4.96. The van der Waals surface area contributed by atoms with Crippen LogP contribution in [0.2, 0.25) is 0 Å². The van der Waals surface area contributed by atoms with Crippen LogP contribution in [0.15, 0.2) is 24.5 Å². The maximum absolute atomic E-state index is 5.65. The van der Waals surface area contributed by atoms with E-state index in [1.165, 1.54) is 0 Å². The van der Waals surface area contributed by atoms with Crippen LogP contribution in [0.25, 0.3) is 11.1 Å². The van der Waals surface area contributed by atoms with Crippen LogP contribution in [0.3, 0.4) is 0 Å². The number of anilines is 1. The molecule has 0 fully saturated rings. The molecule has 0 aromatic carbocycles. The fraction of sp³-hybridized carbons (Fsp3) is 0.273. The lowest BCUT2D eigenvalue weighted by Crippen LogP contribution is -1.98. The van der Waals surface area contributed by atoms with Crippen molar-refractivity contribution in [3.05, 3.63) is 30.2 Å². The van der Waals surface area contributed by atoms with E-state index < -0.39 is 0 Å². The van der Waals surface area contributed by atoms with Crippen molar-refractivity contribution in [2.45, 2.75) is 20.4 Å². The lowest BCUT2D eigenvalue weighted by molar-refractivity contribution is 0.640. The van der Waals surface area contributed by atoms with Gasteiger partial charge in [0, 0.05) is 24.0 Å². The first-order valence-corrected chi connectivity index (χ1v) is 4.96. The number of nitrogens with zero attached hydrogens (tertiary/aromatic N) is 3. The molecule has 0 aliphatic heterocycles. The third-order valence-electron chi connectivity index (χ3n) is 2.49. The Morgan fingerprint density at radius 3 is 2.87 bits per heavy atom. The minimum absolute atomic E-state index is 0.538. The molecule has 0 aliphatic carbocycles. The van der Waals surface area contributed by atoms with Crippen molar-refractivity contribution in [3.8, 4) is 11.1 Å². The maximum Gasteiger partial charge on any atom is 0.123 e. The highest BCUT2D eigenvalue weighted by Crippen LogP contribution is 2.23. The van der Waals surface area contributed by atoms with Crippen molar-refractivity contribution in [1.82, 2.24) is 14.8 Å². The van der Waals surface area contributed by atoms with Gasteiger partial charge in [-0.2, -0.15) is 5.10 Å². The molecule has 0 atom stereocenters. The fourth-order valence-corrected chi connectivity index (χ4v) is 1.66. The van der Waals surface area contributed by atoms with Crippen LogP contribution in [-0.2, 0) is 6.54 Å². The SMILES string of the molecule is CCn1ncc(-c2ccnc(N)c2)c1C. The van der Waals surface area contributed by atoms with E-state index in [9.17, 15) is 0 Å². The van der Waals surface area contributed by atoms with Gasteiger partial charge in [-0.25, -0.2) is 4.98 Å². The molecule has 0 unspecified atom stereocenters. The summed E-state index contributed by atoms with van der Waals surface area (Å²) in [4.78, 5) is 3.97. The highest BCUT2D eigenvalue weighted by Gasteiger charge is 2.07. The lowest BCUT2D eigenvalue weighted by atomic mass is 10.1. The van der Waals surface area contributed by atoms with Gasteiger partial charge in [0.15, 0.2) is 0 Å². The Morgan fingerprint density at radius 1 is 1.47 bits per heavy atom. The zero-order valence-electron chi connectivity index (χ0n) is 8.94. The average molecular weight is 202 g/mol. The molecule has 2 N–H and O–H groups in total. The monoisotopic (exact) mass is 202 g/mol. The second kappa shape index (κ2) is 3.73. The summed E-state index contributed by atoms with van der Waals surface area (Å²) in [6, 6.07) is 3.81. The van der Waals surface area contributed by atoms with Crippen molar-refractivity contribution < 1.29 is 0 Å². The fourth-order valence-electron chi connectivity index (χ4n) is 1.66. The third kappa shape index (κ3) is 1.70. The molecule has 0 saturated carbocycles. The molecule has 2 heterocycles. The van der Waals surface area contributed by atoms with Gasteiger partial charge in [-0.05, 0) is 31.5 Å². The smallest absolute Gasteiger partial charge is 0.123 e. The van der Waals surface area contributed by atoms with Crippen molar-refractivity contribution in [3.63, 3.8) is 0 Å². The van der Waals surface area contributed by atoms with E-state index in [0.29, 0.717) is 5.82 Å². The molecule has 4 nitrogen and oxygen atoms in total. The summed E-state index contributed by atoms with van der Waals surface area (Å²) in [5, 5.41) is 4.30. The summed E-state index contributed by atoms with van der Waals surface area (Å²) >= 11 is 0. The van der Waals surface area contributed by atoms with Crippen LogP contribution in [-0.4, -0.2) is 14.8 Å². The number of aromatic nitrogens is 3. The molecule has 78 valence electrons. The Hall–Kier alpha value is -1.84. The summed E-state index contributed by atoms with van der Waals surface area (Å²) in [6.45, 7) is 5.01. The van der Waals surface area contributed by atoms with Crippen molar-refractivity contribution in [2.24, 2.45) is 0 Å². The molecule has 2 aromatic rings. The zero-order chi connectivity index (χ0) is 10.8. The summed E-state index contributed by atoms with van der Waals surface area (Å²) in [7, 11) is 0. The number of aryl methyl sites for hydroxylation is 1. The third-order valence-corrected chi connectivity index (χ3v) is 2.49. The predicted octanol–water partition coefficient (Wildman–Crippen LogP) is 1.86. The summed E-state index contributed by atoms with van der Waals surface area (Å²) in [5.74, 6) is 0.538. The molecule has 0 aliphatic rings. The molecule has 0 spiro atoms. The molecule has 0 amide bonds. The zero-order valence-corrected chi connectivity index (χ0v) is 8.94.